The first kappa shape index (κ1) is 12.8. The smallest absolute Gasteiger partial charge is 0.137 e. The zero-order valence-electron chi connectivity index (χ0n) is 11.0. The maximum Gasteiger partial charge on any atom is 0.137 e. The number of rotatable bonds is 3. The van der Waals surface area contributed by atoms with E-state index in [-0.39, 0.29) is 0 Å². The summed E-state index contributed by atoms with van der Waals surface area (Å²) in [5, 5.41) is 0.504. The van der Waals surface area contributed by atoms with E-state index in [1.165, 1.54) is 0 Å². The van der Waals surface area contributed by atoms with E-state index in [4.69, 9.17) is 11.6 Å². The molecule has 0 N–H and O–H groups in total. The lowest BCUT2D eigenvalue weighted by atomic mass is 10.3. The van der Waals surface area contributed by atoms with Crippen LogP contribution in [0.3, 0.4) is 0 Å². The van der Waals surface area contributed by atoms with Crippen LogP contribution in [-0.2, 0) is 13.6 Å². The summed E-state index contributed by atoms with van der Waals surface area (Å²) in [7, 11) is 3.95. The monoisotopic (exact) mass is 265 g/mol. The molecule has 0 aliphatic rings. The summed E-state index contributed by atoms with van der Waals surface area (Å²) in [4.78, 5) is 14.9. The summed E-state index contributed by atoms with van der Waals surface area (Å²) < 4.78 is 1.99. The molecule has 2 rings (SSSR count). The van der Waals surface area contributed by atoms with Crippen LogP contribution in [0.25, 0.3) is 0 Å². The van der Waals surface area contributed by atoms with E-state index in [0.717, 1.165) is 17.2 Å². The number of imidazole rings is 1. The third-order valence-corrected chi connectivity index (χ3v) is 3.20. The summed E-state index contributed by atoms with van der Waals surface area (Å²) in [6.45, 7) is 4.44. The molecule has 0 bridgehead atoms. The molecule has 5 nitrogen and oxygen atoms in total. The number of nitrogens with zero attached hydrogens (tertiary/aromatic N) is 5. The van der Waals surface area contributed by atoms with Gasteiger partial charge < -0.3 is 9.47 Å². The van der Waals surface area contributed by atoms with Crippen LogP contribution >= 0.6 is 11.6 Å². The molecule has 6 heteroatoms. The van der Waals surface area contributed by atoms with Gasteiger partial charge in [0.2, 0.25) is 0 Å². The molecule has 0 saturated carbocycles. The van der Waals surface area contributed by atoms with Gasteiger partial charge in [0, 0.05) is 32.1 Å². The molecular formula is C12H16ClN5. The highest BCUT2D eigenvalue weighted by atomic mass is 35.5. The lowest BCUT2D eigenvalue weighted by Gasteiger charge is -2.20. The van der Waals surface area contributed by atoms with Gasteiger partial charge in [-0.25, -0.2) is 15.0 Å². The number of hydrogen-bond acceptors (Lipinski definition) is 4. The van der Waals surface area contributed by atoms with Crippen molar-refractivity contribution >= 4 is 17.4 Å². The van der Waals surface area contributed by atoms with Gasteiger partial charge >= 0.3 is 0 Å². The molecule has 2 aromatic heterocycles. The molecule has 96 valence electrons. The SMILES string of the molecule is Cc1nc(Cl)c(C)c(N(C)Cc2nccn2C)n1. The van der Waals surface area contributed by atoms with Crippen molar-refractivity contribution in [2.24, 2.45) is 7.05 Å². The van der Waals surface area contributed by atoms with Crippen LogP contribution in [0.5, 0.6) is 0 Å². The van der Waals surface area contributed by atoms with Crippen LogP contribution in [-0.4, -0.2) is 26.6 Å². The fraction of sp³-hybridized carbons (Fsp3) is 0.417. The third kappa shape index (κ3) is 2.46. The van der Waals surface area contributed by atoms with Gasteiger partial charge in [0.15, 0.2) is 0 Å². The molecule has 0 spiro atoms. The molecule has 2 aromatic rings. The Morgan fingerprint density at radius 1 is 1.33 bits per heavy atom. The maximum atomic E-state index is 6.08. The highest BCUT2D eigenvalue weighted by molar-refractivity contribution is 6.30. The van der Waals surface area contributed by atoms with Gasteiger partial charge in [0.25, 0.3) is 0 Å². The van der Waals surface area contributed by atoms with Crippen LogP contribution in [0.1, 0.15) is 17.2 Å². The second-order valence-electron chi connectivity index (χ2n) is 4.32. The van der Waals surface area contributed by atoms with Gasteiger partial charge in [-0.1, -0.05) is 11.6 Å². The molecule has 0 aromatic carbocycles. The second kappa shape index (κ2) is 4.94. The van der Waals surface area contributed by atoms with Gasteiger partial charge in [-0.2, -0.15) is 0 Å². The molecule has 0 atom stereocenters. The highest BCUT2D eigenvalue weighted by Gasteiger charge is 2.13. The van der Waals surface area contributed by atoms with Crippen molar-refractivity contribution < 1.29 is 0 Å². The Labute approximate surface area is 111 Å². The van der Waals surface area contributed by atoms with Crippen LogP contribution in [0, 0.1) is 13.8 Å². The van der Waals surface area contributed by atoms with Gasteiger partial charge in [0.1, 0.15) is 22.6 Å². The van der Waals surface area contributed by atoms with Crippen molar-refractivity contribution in [2.75, 3.05) is 11.9 Å². The van der Waals surface area contributed by atoms with E-state index in [1.807, 2.05) is 43.6 Å². The highest BCUT2D eigenvalue weighted by Crippen LogP contribution is 2.23. The lowest BCUT2D eigenvalue weighted by Crippen LogP contribution is -2.21. The quantitative estimate of drug-likeness (QED) is 0.798. The van der Waals surface area contributed by atoms with Gasteiger partial charge in [-0.3, -0.25) is 0 Å². The van der Waals surface area contributed by atoms with Gasteiger partial charge in [-0.05, 0) is 13.8 Å². The number of anilines is 1. The van der Waals surface area contributed by atoms with Crippen molar-refractivity contribution in [3.05, 3.63) is 34.8 Å². The molecule has 0 aliphatic carbocycles. The Morgan fingerprint density at radius 3 is 2.67 bits per heavy atom. The first-order valence-corrected chi connectivity index (χ1v) is 6.05. The van der Waals surface area contributed by atoms with Gasteiger partial charge in [0.05, 0.1) is 6.54 Å². The topological polar surface area (TPSA) is 46.8 Å². The number of aromatic nitrogens is 4. The van der Waals surface area contributed by atoms with Crippen molar-refractivity contribution in [3.8, 4) is 0 Å². The Morgan fingerprint density at radius 2 is 2.06 bits per heavy atom. The van der Waals surface area contributed by atoms with Crippen molar-refractivity contribution in [3.63, 3.8) is 0 Å². The summed E-state index contributed by atoms with van der Waals surface area (Å²) in [6.07, 6.45) is 3.71. The third-order valence-electron chi connectivity index (χ3n) is 2.83. The zero-order valence-corrected chi connectivity index (χ0v) is 11.7. The molecular weight excluding hydrogens is 250 g/mol. The average molecular weight is 266 g/mol. The molecule has 0 radical (unpaired) electrons. The molecule has 0 aliphatic heterocycles. The number of hydrogen-bond donors (Lipinski definition) is 0. The van der Waals surface area contributed by atoms with E-state index < -0.39 is 0 Å². The Bertz CT molecular complexity index is 564. The first-order valence-electron chi connectivity index (χ1n) is 5.67. The van der Waals surface area contributed by atoms with E-state index in [2.05, 4.69) is 15.0 Å². The van der Waals surface area contributed by atoms with E-state index in [1.54, 1.807) is 6.20 Å². The number of halogens is 1. The largest absolute Gasteiger partial charge is 0.352 e. The standard InChI is InChI=1S/C12H16ClN5/c1-8-11(13)15-9(2)16-12(8)18(4)7-10-14-5-6-17(10)3/h5-6H,7H2,1-4H3. The Balaban J connectivity index is 2.29. The summed E-state index contributed by atoms with van der Waals surface area (Å²) in [6, 6.07) is 0. The zero-order chi connectivity index (χ0) is 13.3. The first-order chi connectivity index (χ1) is 8.49. The second-order valence-corrected chi connectivity index (χ2v) is 4.68. The van der Waals surface area contributed by atoms with Crippen LogP contribution < -0.4 is 4.90 Å². The molecule has 2 heterocycles. The molecule has 0 unspecified atom stereocenters. The average Bonchev–Trinajstić information content (AvgIpc) is 2.69. The van der Waals surface area contributed by atoms with Crippen molar-refractivity contribution in [1.82, 2.24) is 19.5 Å². The summed E-state index contributed by atoms with van der Waals surface area (Å²) in [5.74, 6) is 2.49. The Hall–Kier alpha value is -1.62. The fourth-order valence-corrected chi connectivity index (χ4v) is 1.99. The van der Waals surface area contributed by atoms with E-state index in [0.29, 0.717) is 17.5 Å². The molecule has 0 amide bonds. The minimum absolute atomic E-state index is 0.504. The van der Waals surface area contributed by atoms with E-state index in [9.17, 15) is 0 Å². The summed E-state index contributed by atoms with van der Waals surface area (Å²) in [5.41, 5.74) is 0.888. The normalized spacial score (nSPS) is 10.7. The van der Waals surface area contributed by atoms with Crippen molar-refractivity contribution in [1.29, 1.82) is 0 Å². The summed E-state index contributed by atoms with van der Waals surface area (Å²) >= 11 is 6.08. The fourth-order valence-electron chi connectivity index (χ4n) is 1.79. The van der Waals surface area contributed by atoms with Crippen LogP contribution in [0.4, 0.5) is 5.82 Å². The predicted octanol–water partition coefficient (Wildman–Crippen LogP) is 2.12. The predicted molar refractivity (Wildman–Crippen MR) is 71.8 cm³/mol. The molecule has 0 fully saturated rings. The van der Waals surface area contributed by atoms with Gasteiger partial charge in [-0.15, -0.1) is 0 Å². The maximum absolute atomic E-state index is 6.08. The van der Waals surface area contributed by atoms with Crippen molar-refractivity contribution in [2.45, 2.75) is 20.4 Å². The van der Waals surface area contributed by atoms with E-state index >= 15 is 0 Å². The number of aryl methyl sites for hydroxylation is 2. The minimum atomic E-state index is 0.504. The molecule has 18 heavy (non-hydrogen) atoms. The lowest BCUT2D eigenvalue weighted by molar-refractivity contribution is 0.750. The Kier molecular flexibility index (Phi) is 3.52. The molecule has 0 saturated heterocycles. The van der Waals surface area contributed by atoms with Crippen LogP contribution in [0.15, 0.2) is 12.4 Å². The minimum Gasteiger partial charge on any atom is -0.352 e. The van der Waals surface area contributed by atoms with Crippen LogP contribution in [0.2, 0.25) is 5.15 Å².